The van der Waals surface area contributed by atoms with Crippen LogP contribution in [0.15, 0.2) is 48.5 Å². The molecule has 0 spiro atoms. The van der Waals surface area contributed by atoms with Gasteiger partial charge >= 0.3 is 0 Å². The number of hydrogen-bond acceptors (Lipinski definition) is 2. The molecule has 88 valence electrons. The average Bonchev–Trinajstić information content (AvgIpc) is 2.39. The van der Waals surface area contributed by atoms with Gasteiger partial charge in [0, 0.05) is 12.7 Å². The van der Waals surface area contributed by atoms with Crippen LogP contribution >= 0.6 is 0 Å². The number of aryl methyl sites for hydroxylation is 1. The molecule has 2 aromatic carbocycles. The van der Waals surface area contributed by atoms with Crippen LogP contribution in [0.5, 0.6) is 0 Å². The molecule has 0 amide bonds. The fourth-order valence-corrected chi connectivity index (χ4v) is 1.72. The van der Waals surface area contributed by atoms with E-state index in [1.54, 1.807) is 0 Å². The fraction of sp³-hybridized carbons (Fsp3) is 0.200. The number of methoxy groups -OCH3 is 1. The van der Waals surface area contributed by atoms with Gasteiger partial charge in [-0.05, 0) is 18.1 Å². The largest absolute Gasteiger partial charge is 0.364 e. The molecule has 1 unspecified atom stereocenters. The van der Waals surface area contributed by atoms with Gasteiger partial charge in [-0.15, -0.1) is 0 Å². The second-order valence-corrected chi connectivity index (χ2v) is 4.08. The van der Waals surface area contributed by atoms with Crippen LogP contribution < -0.4 is 0 Å². The van der Waals surface area contributed by atoms with E-state index in [0.29, 0.717) is 0 Å². The highest BCUT2D eigenvalue weighted by Gasteiger charge is 2.05. The molecule has 17 heavy (non-hydrogen) atoms. The van der Waals surface area contributed by atoms with Crippen molar-refractivity contribution in [1.82, 2.24) is 0 Å². The molecule has 0 aliphatic heterocycles. The maximum atomic E-state index is 9.50. The highest BCUT2D eigenvalue weighted by atomic mass is 16.6. The quantitative estimate of drug-likeness (QED) is 0.817. The number of hydrogen-bond donors (Lipinski definition) is 1. The number of aliphatic hydroxyl groups excluding tert-OH is 1. The van der Waals surface area contributed by atoms with Crippen LogP contribution in [0.1, 0.15) is 17.4 Å². The Morgan fingerprint density at radius 3 is 1.82 bits per heavy atom. The molecule has 2 nitrogen and oxygen atoms in total. The Morgan fingerprint density at radius 2 is 1.35 bits per heavy atom. The van der Waals surface area contributed by atoms with Gasteiger partial charge in [-0.1, -0.05) is 54.1 Å². The van der Waals surface area contributed by atoms with Crippen molar-refractivity contribution >= 4 is 0 Å². The van der Waals surface area contributed by atoms with Gasteiger partial charge in [0.1, 0.15) is 0 Å². The maximum Gasteiger partial charge on any atom is 0.180 e. The van der Waals surface area contributed by atoms with E-state index in [0.717, 1.165) is 11.1 Å². The Balaban J connectivity index is 2.26. The van der Waals surface area contributed by atoms with Gasteiger partial charge in [0.2, 0.25) is 0 Å². The zero-order valence-corrected chi connectivity index (χ0v) is 10.1. The van der Waals surface area contributed by atoms with Gasteiger partial charge in [0.25, 0.3) is 0 Å². The molecule has 0 saturated heterocycles. The van der Waals surface area contributed by atoms with E-state index >= 15 is 0 Å². The van der Waals surface area contributed by atoms with Crippen LogP contribution in [0.3, 0.4) is 0 Å². The third-order valence-electron chi connectivity index (χ3n) is 2.80. The van der Waals surface area contributed by atoms with Crippen molar-refractivity contribution in [3.8, 4) is 11.1 Å². The third-order valence-corrected chi connectivity index (χ3v) is 2.80. The van der Waals surface area contributed by atoms with E-state index in [1.165, 1.54) is 18.2 Å². The molecule has 2 rings (SSSR count). The lowest BCUT2D eigenvalue weighted by molar-refractivity contribution is -0.0769. The molecular weight excluding hydrogens is 212 g/mol. The van der Waals surface area contributed by atoms with Crippen LogP contribution in [0.4, 0.5) is 0 Å². The number of aliphatic hydroxyl groups is 1. The molecule has 2 heteroatoms. The summed E-state index contributed by atoms with van der Waals surface area (Å²) in [4.78, 5) is 0. The summed E-state index contributed by atoms with van der Waals surface area (Å²) in [6.07, 6.45) is -0.845. The van der Waals surface area contributed by atoms with Crippen molar-refractivity contribution < 1.29 is 9.84 Å². The number of rotatable bonds is 3. The van der Waals surface area contributed by atoms with Gasteiger partial charge in [0.15, 0.2) is 6.29 Å². The van der Waals surface area contributed by atoms with E-state index in [2.05, 4.69) is 31.2 Å². The second-order valence-electron chi connectivity index (χ2n) is 4.08. The van der Waals surface area contributed by atoms with E-state index in [1.807, 2.05) is 24.3 Å². The van der Waals surface area contributed by atoms with E-state index in [-0.39, 0.29) is 0 Å². The smallest absolute Gasteiger partial charge is 0.180 e. The van der Waals surface area contributed by atoms with E-state index < -0.39 is 6.29 Å². The summed E-state index contributed by atoms with van der Waals surface area (Å²) in [5, 5.41) is 9.50. The zero-order chi connectivity index (χ0) is 12.3. The molecule has 0 heterocycles. The van der Waals surface area contributed by atoms with Crippen molar-refractivity contribution in [3.63, 3.8) is 0 Å². The van der Waals surface area contributed by atoms with Crippen LogP contribution in [0, 0.1) is 6.92 Å². The maximum absolute atomic E-state index is 9.50. The minimum atomic E-state index is -0.845. The Kier molecular flexibility index (Phi) is 3.57. The Labute approximate surface area is 101 Å². The van der Waals surface area contributed by atoms with Crippen molar-refractivity contribution in [3.05, 3.63) is 59.7 Å². The van der Waals surface area contributed by atoms with Crippen LogP contribution in [0.2, 0.25) is 0 Å². The summed E-state index contributed by atoms with van der Waals surface area (Å²) in [7, 11) is 1.48. The topological polar surface area (TPSA) is 29.5 Å². The molecule has 0 aliphatic carbocycles. The molecule has 1 N–H and O–H groups in total. The standard InChI is InChI=1S/C15H16O2/c1-11-3-5-12(6-4-11)13-7-9-14(10-8-13)15(16)17-2/h3-10,15-16H,1-2H3. The molecule has 0 saturated carbocycles. The van der Waals surface area contributed by atoms with Crippen molar-refractivity contribution in [2.24, 2.45) is 0 Å². The zero-order valence-electron chi connectivity index (χ0n) is 10.1. The third kappa shape index (κ3) is 2.73. The monoisotopic (exact) mass is 228 g/mol. The minimum Gasteiger partial charge on any atom is -0.364 e. The predicted octanol–water partition coefficient (Wildman–Crippen LogP) is 3.30. The van der Waals surface area contributed by atoms with Gasteiger partial charge in [-0.2, -0.15) is 0 Å². The lowest BCUT2D eigenvalue weighted by atomic mass is 10.0. The van der Waals surface area contributed by atoms with Crippen molar-refractivity contribution in [2.45, 2.75) is 13.2 Å². The molecule has 0 radical (unpaired) electrons. The lowest BCUT2D eigenvalue weighted by Gasteiger charge is -2.09. The van der Waals surface area contributed by atoms with Gasteiger partial charge < -0.3 is 9.84 Å². The first-order valence-electron chi connectivity index (χ1n) is 5.58. The summed E-state index contributed by atoms with van der Waals surface area (Å²) in [6, 6.07) is 16.1. The molecular formula is C15H16O2. The molecule has 0 aromatic heterocycles. The molecule has 0 aliphatic rings. The number of ether oxygens (including phenoxy) is 1. The van der Waals surface area contributed by atoms with Crippen molar-refractivity contribution in [2.75, 3.05) is 7.11 Å². The van der Waals surface area contributed by atoms with Gasteiger partial charge in [-0.3, -0.25) is 0 Å². The second kappa shape index (κ2) is 5.13. The first kappa shape index (κ1) is 11.8. The molecule has 1 atom stereocenters. The normalized spacial score (nSPS) is 12.4. The summed E-state index contributed by atoms with van der Waals surface area (Å²) < 4.78 is 4.85. The Bertz CT molecular complexity index is 471. The first-order valence-corrected chi connectivity index (χ1v) is 5.58. The Morgan fingerprint density at radius 1 is 0.882 bits per heavy atom. The Hall–Kier alpha value is -1.64. The van der Waals surface area contributed by atoms with Crippen LogP contribution in [-0.4, -0.2) is 12.2 Å². The van der Waals surface area contributed by atoms with Gasteiger partial charge in [-0.25, -0.2) is 0 Å². The van der Waals surface area contributed by atoms with Crippen molar-refractivity contribution in [1.29, 1.82) is 0 Å². The summed E-state index contributed by atoms with van der Waals surface area (Å²) in [5.74, 6) is 0. The summed E-state index contributed by atoms with van der Waals surface area (Å²) in [6.45, 7) is 2.07. The predicted molar refractivity (Wildman–Crippen MR) is 68.6 cm³/mol. The van der Waals surface area contributed by atoms with Crippen LogP contribution in [-0.2, 0) is 4.74 Å². The SMILES string of the molecule is COC(O)c1ccc(-c2ccc(C)cc2)cc1. The first-order chi connectivity index (χ1) is 8.20. The molecule has 2 aromatic rings. The van der Waals surface area contributed by atoms with Gasteiger partial charge in [0.05, 0.1) is 0 Å². The summed E-state index contributed by atoms with van der Waals surface area (Å²) in [5.41, 5.74) is 4.33. The highest BCUT2D eigenvalue weighted by Crippen LogP contribution is 2.22. The highest BCUT2D eigenvalue weighted by molar-refractivity contribution is 5.63. The summed E-state index contributed by atoms with van der Waals surface area (Å²) >= 11 is 0. The number of benzene rings is 2. The fourth-order valence-electron chi connectivity index (χ4n) is 1.72. The van der Waals surface area contributed by atoms with Crippen LogP contribution in [0.25, 0.3) is 11.1 Å². The molecule has 0 bridgehead atoms. The molecule has 0 fully saturated rings. The minimum absolute atomic E-state index is 0.767. The average molecular weight is 228 g/mol. The lowest BCUT2D eigenvalue weighted by Crippen LogP contribution is -1.98. The van der Waals surface area contributed by atoms with E-state index in [4.69, 9.17) is 4.74 Å². The van der Waals surface area contributed by atoms with E-state index in [9.17, 15) is 5.11 Å².